The minimum absolute atomic E-state index is 0.0338. The van der Waals surface area contributed by atoms with E-state index in [9.17, 15) is 13.0 Å². The summed E-state index contributed by atoms with van der Waals surface area (Å²) in [6.07, 6.45) is 7.89. The number of piperidine rings is 2. The van der Waals surface area contributed by atoms with Crippen molar-refractivity contribution in [2.45, 2.75) is 92.7 Å². The van der Waals surface area contributed by atoms with Crippen LogP contribution in [0.1, 0.15) is 59.8 Å². The van der Waals surface area contributed by atoms with Gasteiger partial charge in [0.25, 0.3) is 0 Å². The van der Waals surface area contributed by atoms with Gasteiger partial charge in [-0.3, -0.25) is 14.8 Å². The van der Waals surface area contributed by atoms with Gasteiger partial charge in [-0.1, -0.05) is 20.8 Å². The molecule has 2 unspecified atom stereocenters. The van der Waals surface area contributed by atoms with Crippen LogP contribution in [0.4, 0.5) is 10.1 Å². The van der Waals surface area contributed by atoms with Gasteiger partial charge >= 0.3 is 0 Å². The molecule has 3 aliphatic heterocycles. The molecule has 6 rings (SSSR count). The van der Waals surface area contributed by atoms with Crippen molar-refractivity contribution >= 4 is 37.6 Å². The molecule has 2 aromatic carbocycles. The number of hydrogen-bond donors (Lipinski definition) is 0. The van der Waals surface area contributed by atoms with E-state index in [1.165, 1.54) is 44.3 Å². The number of likely N-dealkylation sites (tertiary alicyclic amines) is 1. The van der Waals surface area contributed by atoms with E-state index in [-0.39, 0.29) is 21.6 Å². The first-order chi connectivity index (χ1) is 23.9. The Labute approximate surface area is 301 Å². The van der Waals surface area contributed by atoms with Gasteiger partial charge in [-0.15, -0.1) is 0 Å². The standard InChI is InChI=1S/C38H54FN5O4S2/c1-6-41-15-11-29(12-16-41)42-19-21-43(22-20-42)30-13-17-44(18-14-30)38-33-24-31(49(5)45)7-9-35(33)40-26-37(38)50(46,47)32-8-10-36(34(39)25-32)48-28(4)23-27(2)3/h7-10,24-30H,6,11-23H2,1-5H3. The summed E-state index contributed by atoms with van der Waals surface area (Å²) in [4.78, 5) is 15.0. The minimum Gasteiger partial charge on any atom is -0.612 e. The molecule has 0 spiro atoms. The number of sulfone groups is 1. The molecule has 274 valence electrons. The van der Waals surface area contributed by atoms with Crippen molar-refractivity contribution in [3.05, 3.63) is 48.4 Å². The lowest BCUT2D eigenvalue weighted by molar-refractivity contribution is 0.0384. The third-order valence-electron chi connectivity index (χ3n) is 10.9. The molecule has 0 amide bonds. The molecule has 0 bridgehead atoms. The molecule has 3 aromatic rings. The second kappa shape index (κ2) is 16.0. The molecule has 3 aliphatic rings. The maximum Gasteiger partial charge on any atom is 0.210 e. The van der Waals surface area contributed by atoms with E-state index < -0.39 is 26.8 Å². The maximum atomic E-state index is 15.4. The zero-order valence-corrected chi connectivity index (χ0v) is 31.9. The molecular weight excluding hydrogens is 674 g/mol. The normalized spacial score (nSPS) is 20.8. The fraction of sp³-hybridized carbons (Fsp3) is 0.605. The van der Waals surface area contributed by atoms with Crippen molar-refractivity contribution in [3.63, 3.8) is 0 Å². The van der Waals surface area contributed by atoms with Gasteiger partial charge in [0.1, 0.15) is 11.2 Å². The summed E-state index contributed by atoms with van der Waals surface area (Å²) in [5, 5.41) is 0.642. The van der Waals surface area contributed by atoms with E-state index >= 15 is 4.39 Å². The highest BCUT2D eigenvalue weighted by Gasteiger charge is 2.34. The highest BCUT2D eigenvalue weighted by atomic mass is 32.2. The number of rotatable bonds is 11. The molecule has 12 heteroatoms. The third-order valence-corrected chi connectivity index (χ3v) is 13.6. The number of benzene rings is 2. The molecule has 9 nitrogen and oxygen atoms in total. The van der Waals surface area contributed by atoms with E-state index in [4.69, 9.17) is 4.74 Å². The predicted molar refractivity (Wildman–Crippen MR) is 199 cm³/mol. The summed E-state index contributed by atoms with van der Waals surface area (Å²) in [6.45, 7) is 17.5. The number of nitrogens with zero attached hydrogens (tertiary/aromatic N) is 5. The van der Waals surface area contributed by atoms with Crippen LogP contribution in [0.25, 0.3) is 10.9 Å². The van der Waals surface area contributed by atoms with Gasteiger partial charge < -0.3 is 19.1 Å². The van der Waals surface area contributed by atoms with E-state index in [1.807, 2.05) is 6.92 Å². The Hall–Kier alpha value is -2.48. The SMILES string of the molecule is CCN1CCC(N2CCN(C3CCN(c4c(S(=O)(=O)c5ccc(OC(C)CC(C)C)c(F)c5)cnc5ccc([S+](C)[O-])cc45)CC3)CC2)CC1. The van der Waals surface area contributed by atoms with Crippen molar-refractivity contribution in [2.75, 3.05) is 70.1 Å². The fourth-order valence-corrected chi connectivity index (χ4v) is 10.2. The number of pyridine rings is 1. The second-order valence-electron chi connectivity index (χ2n) is 14.7. The Kier molecular flexibility index (Phi) is 12.0. The number of ether oxygens (including phenoxy) is 1. The van der Waals surface area contributed by atoms with E-state index in [1.54, 1.807) is 24.5 Å². The summed E-state index contributed by atoms with van der Waals surface area (Å²) in [5.74, 6) is -0.298. The van der Waals surface area contributed by atoms with Crippen molar-refractivity contribution < 1.29 is 22.1 Å². The minimum atomic E-state index is -4.18. The smallest absolute Gasteiger partial charge is 0.210 e. The number of anilines is 1. The van der Waals surface area contributed by atoms with E-state index in [0.29, 0.717) is 52.6 Å². The monoisotopic (exact) mass is 727 g/mol. The predicted octanol–water partition coefficient (Wildman–Crippen LogP) is 5.83. The summed E-state index contributed by atoms with van der Waals surface area (Å²) in [7, 11) is -4.18. The average Bonchev–Trinajstić information content (AvgIpc) is 3.11. The highest BCUT2D eigenvalue weighted by molar-refractivity contribution is 7.91. The number of aromatic nitrogens is 1. The van der Waals surface area contributed by atoms with Gasteiger partial charge in [-0.05, 0) is 106 Å². The van der Waals surface area contributed by atoms with Crippen LogP contribution in [-0.4, -0.2) is 116 Å². The zero-order valence-electron chi connectivity index (χ0n) is 30.3. The van der Waals surface area contributed by atoms with Crippen molar-refractivity contribution in [1.29, 1.82) is 0 Å². The first-order valence-electron chi connectivity index (χ1n) is 18.4. The first kappa shape index (κ1) is 37.3. The first-order valence-corrected chi connectivity index (χ1v) is 21.4. The number of piperazine rings is 1. The van der Waals surface area contributed by atoms with Crippen LogP contribution < -0.4 is 9.64 Å². The lowest BCUT2D eigenvalue weighted by Crippen LogP contribution is -2.56. The highest BCUT2D eigenvalue weighted by Crippen LogP contribution is 2.39. The number of halogens is 1. The fourth-order valence-electron chi connectivity index (χ4n) is 8.16. The summed E-state index contributed by atoms with van der Waals surface area (Å²) in [6, 6.07) is 10.4. The van der Waals surface area contributed by atoms with Crippen LogP contribution in [-0.2, 0) is 21.0 Å². The lowest BCUT2D eigenvalue weighted by Gasteiger charge is -2.46. The quantitative estimate of drug-likeness (QED) is 0.227. The van der Waals surface area contributed by atoms with Crippen LogP contribution in [0, 0.1) is 11.7 Å². The Balaban J connectivity index is 1.22. The van der Waals surface area contributed by atoms with Crippen molar-refractivity contribution in [1.82, 2.24) is 19.7 Å². The van der Waals surface area contributed by atoms with Crippen LogP contribution in [0.2, 0.25) is 0 Å². The molecule has 0 aliphatic carbocycles. The molecule has 50 heavy (non-hydrogen) atoms. The molecule has 4 heterocycles. The van der Waals surface area contributed by atoms with Gasteiger partial charge in [-0.2, -0.15) is 0 Å². The molecule has 2 atom stereocenters. The van der Waals surface area contributed by atoms with Gasteiger partial charge in [0.15, 0.2) is 16.5 Å². The summed E-state index contributed by atoms with van der Waals surface area (Å²) in [5.41, 5.74) is 1.18. The van der Waals surface area contributed by atoms with Gasteiger partial charge in [0.2, 0.25) is 9.84 Å². The zero-order chi connectivity index (χ0) is 35.6. The van der Waals surface area contributed by atoms with Crippen molar-refractivity contribution in [2.24, 2.45) is 5.92 Å². The van der Waals surface area contributed by atoms with Crippen LogP contribution >= 0.6 is 0 Å². The largest absolute Gasteiger partial charge is 0.612 e. The molecule has 3 fully saturated rings. The Morgan fingerprint density at radius 2 is 1.54 bits per heavy atom. The molecule has 0 saturated carbocycles. The number of fused-ring (bicyclic) bond motifs is 1. The maximum absolute atomic E-state index is 15.4. The second-order valence-corrected chi connectivity index (χ2v) is 18.0. The summed E-state index contributed by atoms with van der Waals surface area (Å²) >= 11 is -1.27. The van der Waals surface area contributed by atoms with E-state index in [0.717, 1.165) is 58.1 Å². The molecule has 1 aromatic heterocycles. The molecule has 0 radical (unpaired) electrons. The average molecular weight is 728 g/mol. The Morgan fingerprint density at radius 3 is 2.10 bits per heavy atom. The molecule has 3 saturated heterocycles. The van der Waals surface area contributed by atoms with Gasteiger partial charge in [0, 0.05) is 69.0 Å². The molecule has 0 N–H and O–H groups in total. The van der Waals surface area contributed by atoms with Crippen molar-refractivity contribution in [3.8, 4) is 5.75 Å². The van der Waals surface area contributed by atoms with Gasteiger partial charge in [0.05, 0.1) is 22.2 Å². The van der Waals surface area contributed by atoms with E-state index in [2.05, 4.69) is 45.4 Å². The van der Waals surface area contributed by atoms with Crippen LogP contribution in [0.5, 0.6) is 5.75 Å². The lowest BCUT2D eigenvalue weighted by atomic mass is 9.99. The summed E-state index contributed by atoms with van der Waals surface area (Å²) < 4.78 is 62.4. The Morgan fingerprint density at radius 1 is 0.920 bits per heavy atom. The number of hydrogen-bond acceptors (Lipinski definition) is 9. The molecular formula is C38H54FN5O4S2. The topological polar surface area (TPSA) is 92.3 Å². The third kappa shape index (κ3) is 8.26. The van der Waals surface area contributed by atoms with Gasteiger partial charge in [-0.25, -0.2) is 12.8 Å². The van der Waals surface area contributed by atoms with Crippen LogP contribution in [0.15, 0.2) is 57.3 Å². The van der Waals surface area contributed by atoms with Crippen LogP contribution in [0.3, 0.4) is 0 Å². The Bertz CT molecular complexity index is 1720.